The third kappa shape index (κ3) is 5.72. The fourth-order valence-electron chi connectivity index (χ4n) is 6.77. The first-order valence-electron chi connectivity index (χ1n) is 14.7. The molecule has 226 valence electrons. The van der Waals surface area contributed by atoms with Gasteiger partial charge in [0, 0.05) is 44.7 Å². The average molecular weight is 590 g/mol. The molecule has 5 amide bonds. The van der Waals surface area contributed by atoms with Gasteiger partial charge in [-0.05, 0) is 50.1 Å². The first kappa shape index (κ1) is 28.8. The zero-order valence-electron chi connectivity index (χ0n) is 24.0. The second kappa shape index (κ2) is 11.8. The molecule has 4 heterocycles. The van der Waals surface area contributed by atoms with E-state index >= 15 is 0 Å². The minimum Gasteiger partial charge on any atom is -0.492 e. The first-order chi connectivity index (χ1) is 20.7. The molecule has 4 aliphatic heterocycles. The molecule has 4 atom stereocenters. The van der Waals surface area contributed by atoms with E-state index in [4.69, 9.17) is 4.74 Å². The largest absolute Gasteiger partial charge is 0.492 e. The van der Waals surface area contributed by atoms with Crippen LogP contribution in [0.5, 0.6) is 5.75 Å². The van der Waals surface area contributed by atoms with E-state index in [2.05, 4.69) is 15.1 Å². The fourth-order valence-corrected chi connectivity index (χ4v) is 6.77. The second-order valence-corrected chi connectivity index (χ2v) is 11.8. The molecular formula is C31H35N5O7. The lowest BCUT2D eigenvalue weighted by Crippen LogP contribution is -2.58. The summed E-state index contributed by atoms with van der Waals surface area (Å²) < 4.78 is 6.12. The average Bonchev–Trinajstić information content (AvgIpc) is 3.48. The molecule has 2 aromatic rings. The van der Waals surface area contributed by atoms with Crippen molar-refractivity contribution in [1.82, 2.24) is 24.9 Å². The number of carbonyl (C=O) groups excluding carboxylic acids is 4. The zero-order chi connectivity index (χ0) is 30.2. The summed E-state index contributed by atoms with van der Waals surface area (Å²) in [6, 6.07) is 14.0. The van der Waals surface area contributed by atoms with Crippen LogP contribution in [0.25, 0.3) is 0 Å². The quantitative estimate of drug-likeness (QED) is 0.459. The summed E-state index contributed by atoms with van der Waals surface area (Å²) >= 11 is 0. The van der Waals surface area contributed by atoms with E-state index in [9.17, 15) is 29.1 Å². The van der Waals surface area contributed by atoms with Gasteiger partial charge in [-0.1, -0.05) is 30.3 Å². The van der Waals surface area contributed by atoms with Crippen molar-refractivity contribution in [2.75, 3.05) is 39.8 Å². The van der Waals surface area contributed by atoms with Crippen LogP contribution in [-0.2, 0) is 16.0 Å². The minimum absolute atomic E-state index is 0.0665. The Hall–Kier alpha value is -4.29. The molecule has 2 aromatic carbocycles. The number of rotatable bonds is 7. The molecule has 0 radical (unpaired) electrons. The molecule has 43 heavy (non-hydrogen) atoms. The van der Waals surface area contributed by atoms with Crippen molar-refractivity contribution in [3.63, 3.8) is 0 Å². The summed E-state index contributed by atoms with van der Waals surface area (Å²) in [6.45, 7) is 3.02. The minimum atomic E-state index is -1.01. The number of imide groups is 2. The molecule has 0 bridgehead atoms. The van der Waals surface area contributed by atoms with Crippen molar-refractivity contribution >= 4 is 29.7 Å². The molecule has 0 aromatic heterocycles. The van der Waals surface area contributed by atoms with Gasteiger partial charge in [-0.25, -0.2) is 4.79 Å². The van der Waals surface area contributed by atoms with Crippen molar-refractivity contribution < 1.29 is 33.8 Å². The number of hydrogen-bond acceptors (Lipinski definition) is 8. The van der Waals surface area contributed by atoms with Gasteiger partial charge in [0.2, 0.25) is 11.8 Å². The number of likely N-dealkylation sites (tertiary alicyclic amines) is 1. The number of fused-ring (bicyclic) bond motifs is 1. The highest BCUT2D eigenvalue weighted by molar-refractivity contribution is 6.23. The van der Waals surface area contributed by atoms with Crippen LogP contribution in [0.15, 0.2) is 48.5 Å². The molecule has 3 fully saturated rings. The van der Waals surface area contributed by atoms with Crippen molar-refractivity contribution in [3.8, 4) is 5.75 Å². The number of hydrogen-bond donors (Lipinski definition) is 2. The van der Waals surface area contributed by atoms with Crippen molar-refractivity contribution in [2.24, 2.45) is 0 Å². The van der Waals surface area contributed by atoms with Crippen LogP contribution in [0, 0.1) is 0 Å². The predicted octanol–water partition coefficient (Wildman–Crippen LogP) is 1.45. The smallest absolute Gasteiger partial charge is 0.407 e. The maximum Gasteiger partial charge on any atom is 0.407 e. The second-order valence-electron chi connectivity index (χ2n) is 11.8. The van der Waals surface area contributed by atoms with Crippen LogP contribution in [-0.4, -0.2) is 118 Å². The van der Waals surface area contributed by atoms with Crippen molar-refractivity contribution in [3.05, 3.63) is 65.2 Å². The molecule has 12 nitrogen and oxygen atoms in total. The Morgan fingerprint density at radius 2 is 1.74 bits per heavy atom. The molecule has 6 rings (SSSR count). The normalized spacial score (nSPS) is 26.5. The van der Waals surface area contributed by atoms with Crippen molar-refractivity contribution in [2.45, 2.75) is 49.9 Å². The SMILES string of the molecule is CN1C[C@H](N2CCN(C(=O)O)C(Cc3ccccc3)C2)C[C@H]1COc1ccc2c(c1)C(=O)N(C1CCC(=O)NC1=O)C2=O. The summed E-state index contributed by atoms with van der Waals surface area (Å²) in [7, 11) is 2.05. The van der Waals surface area contributed by atoms with Gasteiger partial charge < -0.3 is 14.7 Å². The molecule has 2 N–H and O–H groups in total. The Labute approximate surface area is 249 Å². The highest BCUT2D eigenvalue weighted by atomic mass is 16.5. The number of piperazine rings is 1. The Morgan fingerprint density at radius 1 is 0.977 bits per heavy atom. The highest BCUT2D eigenvalue weighted by Crippen LogP contribution is 2.31. The van der Waals surface area contributed by atoms with E-state index in [1.54, 1.807) is 23.1 Å². The van der Waals surface area contributed by atoms with Crippen LogP contribution in [0.1, 0.15) is 45.5 Å². The van der Waals surface area contributed by atoms with Gasteiger partial charge in [-0.15, -0.1) is 0 Å². The lowest BCUT2D eigenvalue weighted by molar-refractivity contribution is -0.136. The highest BCUT2D eigenvalue weighted by Gasteiger charge is 2.45. The Morgan fingerprint density at radius 3 is 2.49 bits per heavy atom. The van der Waals surface area contributed by atoms with Gasteiger partial charge in [0.05, 0.1) is 17.2 Å². The molecule has 12 heteroatoms. The molecule has 4 aliphatic rings. The Kier molecular flexibility index (Phi) is 7.89. The van der Waals surface area contributed by atoms with Gasteiger partial charge >= 0.3 is 6.09 Å². The predicted molar refractivity (Wildman–Crippen MR) is 154 cm³/mol. The van der Waals surface area contributed by atoms with Gasteiger partial charge in [0.25, 0.3) is 11.8 Å². The number of ether oxygens (including phenoxy) is 1. The lowest BCUT2D eigenvalue weighted by atomic mass is 10.0. The van der Waals surface area contributed by atoms with E-state index in [1.807, 2.05) is 37.4 Å². The monoisotopic (exact) mass is 589 g/mol. The number of benzene rings is 2. The number of amides is 5. The zero-order valence-corrected chi connectivity index (χ0v) is 24.0. The van der Waals surface area contributed by atoms with Crippen LogP contribution >= 0.6 is 0 Å². The fraction of sp³-hybridized carbons (Fsp3) is 0.452. The maximum absolute atomic E-state index is 13.2. The number of nitrogens with zero attached hydrogens (tertiary/aromatic N) is 4. The standard InChI is InChI=1S/C31H35N5O7/c1-33-16-20(34-11-12-35(31(41)42)21(17-34)13-19-5-3-2-4-6-19)14-22(33)18-43-23-7-8-24-25(15-23)30(40)36(29(24)39)26-9-10-27(37)32-28(26)38/h2-8,15,20-22,26H,9-14,16-18H2,1H3,(H,41,42)(H,32,37,38)/t20-,21?,22+,26?/m1/s1. The van der Waals surface area contributed by atoms with Crippen molar-refractivity contribution in [1.29, 1.82) is 0 Å². The number of piperidine rings is 1. The van der Waals surface area contributed by atoms with E-state index in [1.165, 1.54) is 0 Å². The molecule has 2 unspecified atom stereocenters. The van der Waals surface area contributed by atoms with Crippen LogP contribution < -0.4 is 10.1 Å². The first-order valence-corrected chi connectivity index (χ1v) is 14.7. The van der Waals surface area contributed by atoms with E-state index in [0.717, 1.165) is 23.4 Å². The van der Waals surface area contributed by atoms with Crippen LogP contribution in [0.4, 0.5) is 4.79 Å². The topological polar surface area (TPSA) is 140 Å². The molecule has 0 saturated carbocycles. The number of carbonyl (C=O) groups is 5. The number of nitrogens with one attached hydrogen (secondary N) is 1. The summed E-state index contributed by atoms with van der Waals surface area (Å²) in [5.41, 5.74) is 1.52. The van der Waals surface area contributed by atoms with Gasteiger partial charge in [0.15, 0.2) is 0 Å². The summed E-state index contributed by atoms with van der Waals surface area (Å²) in [6.07, 6.45) is 0.807. The van der Waals surface area contributed by atoms with Gasteiger partial charge in [-0.3, -0.25) is 39.2 Å². The summed E-state index contributed by atoms with van der Waals surface area (Å²) in [5.74, 6) is -1.71. The summed E-state index contributed by atoms with van der Waals surface area (Å²) in [4.78, 5) is 69.1. The molecular weight excluding hydrogens is 554 g/mol. The van der Waals surface area contributed by atoms with E-state index in [0.29, 0.717) is 38.4 Å². The van der Waals surface area contributed by atoms with Crippen LogP contribution in [0.3, 0.4) is 0 Å². The van der Waals surface area contributed by atoms with E-state index < -0.39 is 35.8 Å². The van der Waals surface area contributed by atoms with Gasteiger partial charge in [-0.2, -0.15) is 0 Å². The third-order valence-electron chi connectivity index (χ3n) is 9.11. The molecule has 0 aliphatic carbocycles. The van der Waals surface area contributed by atoms with E-state index in [-0.39, 0.29) is 42.1 Å². The third-order valence-corrected chi connectivity index (χ3v) is 9.11. The van der Waals surface area contributed by atoms with Gasteiger partial charge in [0.1, 0.15) is 18.4 Å². The Balaban J connectivity index is 1.07. The van der Waals surface area contributed by atoms with Crippen LogP contribution in [0.2, 0.25) is 0 Å². The number of carboxylic acid groups (broad SMARTS) is 1. The summed E-state index contributed by atoms with van der Waals surface area (Å²) in [5, 5.41) is 12.0. The number of likely N-dealkylation sites (N-methyl/N-ethyl adjacent to an activating group) is 1. The lowest BCUT2D eigenvalue weighted by Gasteiger charge is -2.42. The Bertz CT molecular complexity index is 1450. The molecule has 0 spiro atoms. The maximum atomic E-state index is 13.2. The molecule has 3 saturated heterocycles.